The standard InChI is InChI=1S/C14H18O2/c1-3-13(15)11(2)14(16)10-9-12-7-5-4-6-8-12/h4-11,14,16H,3H2,1-2H3/b10-9+/t11-,14+/m1/s1. The fraction of sp³-hybridized carbons (Fsp3) is 0.357. The summed E-state index contributed by atoms with van der Waals surface area (Å²) in [5.41, 5.74) is 1.03. The molecule has 0 spiro atoms. The van der Waals surface area contributed by atoms with Crippen LogP contribution >= 0.6 is 0 Å². The van der Waals surface area contributed by atoms with Crippen molar-refractivity contribution in [3.63, 3.8) is 0 Å². The average molecular weight is 218 g/mol. The second kappa shape index (κ2) is 6.23. The van der Waals surface area contributed by atoms with Crippen molar-refractivity contribution in [2.75, 3.05) is 0 Å². The van der Waals surface area contributed by atoms with E-state index in [1.54, 1.807) is 13.0 Å². The number of rotatable bonds is 5. The van der Waals surface area contributed by atoms with Gasteiger partial charge in [-0.2, -0.15) is 0 Å². The van der Waals surface area contributed by atoms with Crippen LogP contribution in [0.2, 0.25) is 0 Å². The highest BCUT2D eigenvalue weighted by molar-refractivity contribution is 5.81. The SMILES string of the molecule is CCC(=O)[C@@H](C)[C@@H](O)/C=C/c1ccccc1. The monoisotopic (exact) mass is 218 g/mol. The minimum atomic E-state index is -0.701. The first-order chi connectivity index (χ1) is 7.65. The summed E-state index contributed by atoms with van der Waals surface area (Å²) in [4.78, 5) is 11.4. The molecule has 0 aliphatic carbocycles. The lowest BCUT2D eigenvalue weighted by Crippen LogP contribution is -2.23. The van der Waals surface area contributed by atoms with Crippen molar-refractivity contribution in [3.8, 4) is 0 Å². The zero-order valence-electron chi connectivity index (χ0n) is 9.76. The average Bonchev–Trinajstić information content (AvgIpc) is 2.35. The summed E-state index contributed by atoms with van der Waals surface area (Å²) >= 11 is 0. The highest BCUT2D eigenvalue weighted by Crippen LogP contribution is 2.10. The summed E-state index contributed by atoms with van der Waals surface area (Å²) in [6.45, 7) is 3.57. The molecule has 0 heterocycles. The zero-order valence-corrected chi connectivity index (χ0v) is 9.76. The zero-order chi connectivity index (χ0) is 12.0. The molecule has 0 aliphatic heterocycles. The summed E-state index contributed by atoms with van der Waals surface area (Å²) in [6, 6.07) is 9.72. The Balaban J connectivity index is 2.61. The van der Waals surface area contributed by atoms with Gasteiger partial charge in [0.05, 0.1) is 6.10 Å². The fourth-order valence-corrected chi connectivity index (χ4v) is 1.45. The Hall–Kier alpha value is -1.41. The van der Waals surface area contributed by atoms with Gasteiger partial charge in [-0.05, 0) is 5.56 Å². The topological polar surface area (TPSA) is 37.3 Å². The molecule has 0 saturated carbocycles. The van der Waals surface area contributed by atoms with Gasteiger partial charge in [-0.15, -0.1) is 0 Å². The molecule has 1 rings (SSSR count). The molecule has 1 aromatic rings. The van der Waals surface area contributed by atoms with Gasteiger partial charge in [0.2, 0.25) is 0 Å². The smallest absolute Gasteiger partial charge is 0.138 e. The summed E-state index contributed by atoms with van der Waals surface area (Å²) in [5.74, 6) is -0.241. The van der Waals surface area contributed by atoms with Crippen LogP contribution in [0.15, 0.2) is 36.4 Å². The van der Waals surface area contributed by atoms with E-state index >= 15 is 0 Å². The van der Waals surface area contributed by atoms with Gasteiger partial charge >= 0.3 is 0 Å². The van der Waals surface area contributed by atoms with Crippen molar-refractivity contribution in [3.05, 3.63) is 42.0 Å². The summed E-state index contributed by atoms with van der Waals surface area (Å²) in [6.07, 6.45) is 3.28. The maximum atomic E-state index is 11.4. The molecular weight excluding hydrogens is 200 g/mol. The van der Waals surface area contributed by atoms with Crippen LogP contribution in [0.25, 0.3) is 6.08 Å². The number of benzene rings is 1. The maximum Gasteiger partial charge on any atom is 0.138 e. The number of carbonyl (C=O) groups excluding carboxylic acids is 1. The molecule has 0 aliphatic rings. The van der Waals surface area contributed by atoms with E-state index in [-0.39, 0.29) is 11.7 Å². The third kappa shape index (κ3) is 3.63. The highest BCUT2D eigenvalue weighted by Gasteiger charge is 2.17. The van der Waals surface area contributed by atoms with Crippen LogP contribution in [0.4, 0.5) is 0 Å². The fourth-order valence-electron chi connectivity index (χ4n) is 1.45. The second-order valence-corrected chi connectivity index (χ2v) is 3.87. The highest BCUT2D eigenvalue weighted by atomic mass is 16.3. The summed E-state index contributed by atoms with van der Waals surface area (Å²) in [5, 5.41) is 9.77. The summed E-state index contributed by atoms with van der Waals surface area (Å²) in [7, 11) is 0. The first-order valence-corrected chi connectivity index (χ1v) is 5.59. The van der Waals surface area contributed by atoms with Crippen LogP contribution in [0.3, 0.4) is 0 Å². The number of carbonyl (C=O) groups is 1. The number of aliphatic hydroxyl groups is 1. The third-order valence-electron chi connectivity index (χ3n) is 2.65. The quantitative estimate of drug-likeness (QED) is 0.825. The van der Waals surface area contributed by atoms with Crippen LogP contribution < -0.4 is 0 Å². The Labute approximate surface area is 96.6 Å². The van der Waals surface area contributed by atoms with E-state index in [0.29, 0.717) is 6.42 Å². The van der Waals surface area contributed by atoms with Crippen molar-refractivity contribution in [1.29, 1.82) is 0 Å². The molecule has 2 nitrogen and oxygen atoms in total. The molecule has 0 amide bonds. The Morgan fingerprint density at radius 3 is 2.56 bits per heavy atom. The van der Waals surface area contributed by atoms with Crippen molar-refractivity contribution in [1.82, 2.24) is 0 Å². The lowest BCUT2D eigenvalue weighted by Gasteiger charge is -2.12. The van der Waals surface area contributed by atoms with Crippen LogP contribution in [0.1, 0.15) is 25.8 Å². The van der Waals surface area contributed by atoms with Crippen LogP contribution in [0, 0.1) is 5.92 Å². The van der Waals surface area contributed by atoms with Gasteiger partial charge in [0.15, 0.2) is 0 Å². The van der Waals surface area contributed by atoms with Crippen molar-refractivity contribution in [2.45, 2.75) is 26.4 Å². The van der Waals surface area contributed by atoms with Gasteiger partial charge < -0.3 is 5.11 Å². The first-order valence-electron chi connectivity index (χ1n) is 5.59. The van der Waals surface area contributed by atoms with E-state index in [9.17, 15) is 9.90 Å². The van der Waals surface area contributed by atoms with Gasteiger partial charge in [0.1, 0.15) is 5.78 Å². The minimum absolute atomic E-state index is 0.0882. The summed E-state index contributed by atoms with van der Waals surface area (Å²) < 4.78 is 0. The molecule has 0 unspecified atom stereocenters. The number of hydrogen-bond donors (Lipinski definition) is 1. The predicted octanol–water partition coefficient (Wildman–Crippen LogP) is 2.68. The molecule has 0 fully saturated rings. The molecule has 1 aromatic carbocycles. The van der Waals surface area contributed by atoms with Crippen LogP contribution in [-0.4, -0.2) is 17.0 Å². The number of ketones is 1. The maximum absolute atomic E-state index is 11.4. The molecular formula is C14H18O2. The van der Waals surface area contributed by atoms with Crippen molar-refractivity contribution in [2.24, 2.45) is 5.92 Å². The largest absolute Gasteiger partial charge is 0.388 e. The number of Topliss-reactive ketones (excluding diaryl/α,β-unsaturated/α-hetero) is 1. The predicted molar refractivity (Wildman–Crippen MR) is 65.9 cm³/mol. The van der Waals surface area contributed by atoms with E-state index < -0.39 is 6.10 Å². The Bertz CT molecular complexity index is 354. The van der Waals surface area contributed by atoms with E-state index in [1.165, 1.54) is 0 Å². The molecule has 0 aromatic heterocycles. The molecule has 0 bridgehead atoms. The third-order valence-corrected chi connectivity index (χ3v) is 2.65. The molecule has 16 heavy (non-hydrogen) atoms. The van der Waals surface area contributed by atoms with Gasteiger partial charge in [-0.25, -0.2) is 0 Å². The number of hydrogen-bond acceptors (Lipinski definition) is 2. The normalized spacial score (nSPS) is 14.9. The number of aliphatic hydroxyl groups excluding tert-OH is 1. The van der Waals surface area contributed by atoms with Crippen LogP contribution in [-0.2, 0) is 4.79 Å². The van der Waals surface area contributed by atoms with Crippen molar-refractivity contribution >= 4 is 11.9 Å². The molecule has 0 saturated heterocycles. The van der Waals surface area contributed by atoms with Gasteiger partial charge in [0.25, 0.3) is 0 Å². The van der Waals surface area contributed by atoms with E-state index in [0.717, 1.165) is 5.56 Å². The molecule has 2 heteroatoms. The van der Waals surface area contributed by atoms with Gasteiger partial charge in [-0.1, -0.05) is 56.3 Å². The second-order valence-electron chi connectivity index (χ2n) is 3.87. The van der Waals surface area contributed by atoms with Crippen molar-refractivity contribution < 1.29 is 9.90 Å². The molecule has 1 N–H and O–H groups in total. The lowest BCUT2D eigenvalue weighted by atomic mass is 9.97. The molecule has 86 valence electrons. The van der Waals surface area contributed by atoms with E-state index in [4.69, 9.17) is 0 Å². The van der Waals surface area contributed by atoms with Gasteiger partial charge in [-0.3, -0.25) is 4.79 Å². The Morgan fingerprint density at radius 2 is 2.00 bits per heavy atom. The van der Waals surface area contributed by atoms with Crippen LogP contribution in [0.5, 0.6) is 0 Å². The lowest BCUT2D eigenvalue weighted by molar-refractivity contribution is -0.124. The minimum Gasteiger partial charge on any atom is -0.388 e. The Morgan fingerprint density at radius 1 is 1.38 bits per heavy atom. The first kappa shape index (κ1) is 12.7. The van der Waals surface area contributed by atoms with Gasteiger partial charge in [0, 0.05) is 12.3 Å². The van der Waals surface area contributed by atoms with E-state index in [1.807, 2.05) is 43.3 Å². The molecule has 0 radical (unpaired) electrons. The Kier molecular flexibility index (Phi) is 4.93. The molecule has 2 atom stereocenters. The van der Waals surface area contributed by atoms with E-state index in [2.05, 4.69) is 0 Å².